The molecule has 162 valence electrons. The lowest BCUT2D eigenvalue weighted by Gasteiger charge is -2.30. The van der Waals surface area contributed by atoms with Gasteiger partial charge < -0.3 is 5.32 Å². The van der Waals surface area contributed by atoms with Crippen LogP contribution in [0.5, 0.6) is 0 Å². The van der Waals surface area contributed by atoms with E-state index in [1.807, 2.05) is 42.5 Å². The first-order valence-electron chi connectivity index (χ1n) is 9.70. The van der Waals surface area contributed by atoms with Crippen molar-refractivity contribution in [3.63, 3.8) is 0 Å². The fourth-order valence-corrected chi connectivity index (χ4v) is 4.66. The minimum atomic E-state index is -3.88. The molecule has 3 aromatic rings. The van der Waals surface area contributed by atoms with E-state index >= 15 is 0 Å². The zero-order chi connectivity index (χ0) is 22.6. The first-order chi connectivity index (χ1) is 14.7. The van der Waals surface area contributed by atoms with Gasteiger partial charge in [0.25, 0.3) is 5.69 Å². The van der Waals surface area contributed by atoms with Gasteiger partial charge in [0.05, 0.1) is 16.9 Å². The molecule has 0 bridgehead atoms. The Morgan fingerprint density at radius 3 is 2.42 bits per heavy atom. The molecule has 0 heterocycles. The normalized spacial score (nSPS) is 12.3. The summed E-state index contributed by atoms with van der Waals surface area (Å²) in [5.74, 6) is -0.479. The maximum absolute atomic E-state index is 12.9. The van der Waals surface area contributed by atoms with E-state index in [-0.39, 0.29) is 24.3 Å². The van der Waals surface area contributed by atoms with Crippen LogP contribution in [0, 0.1) is 10.1 Å². The molecule has 1 N–H and O–H groups in total. The van der Waals surface area contributed by atoms with E-state index in [1.54, 1.807) is 6.92 Å². The lowest BCUT2D eigenvalue weighted by Crippen LogP contribution is -2.49. The number of carbonyl (C=O) groups excluding carboxylic acids is 1. The number of rotatable bonds is 8. The average molecular weight is 442 g/mol. The lowest BCUT2D eigenvalue weighted by atomic mass is 10.1. The predicted octanol–water partition coefficient (Wildman–Crippen LogP) is 3.61. The van der Waals surface area contributed by atoms with Gasteiger partial charge in [0.15, 0.2) is 0 Å². The van der Waals surface area contributed by atoms with Crippen LogP contribution < -0.4 is 9.62 Å². The molecule has 0 fully saturated rings. The minimum absolute atomic E-state index is 0.0735. The number of hydrogen-bond acceptors (Lipinski definition) is 5. The molecule has 0 radical (unpaired) electrons. The summed E-state index contributed by atoms with van der Waals surface area (Å²) in [5, 5.41) is 16.0. The number of fused-ring (bicyclic) bond motifs is 1. The lowest BCUT2D eigenvalue weighted by molar-refractivity contribution is -0.384. The summed E-state index contributed by atoms with van der Waals surface area (Å²) < 4.78 is 26.0. The topological polar surface area (TPSA) is 110 Å². The van der Waals surface area contributed by atoms with E-state index in [2.05, 4.69) is 5.32 Å². The number of amides is 1. The Morgan fingerprint density at radius 2 is 1.77 bits per heavy atom. The van der Waals surface area contributed by atoms with Crippen molar-refractivity contribution in [1.29, 1.82) is 0 Å². The summed E-state index contributed by atoms with van der Waals surface area (Å²) >= 11 is 0. The Balaban J connectivity index is 1.85. The summed E-state index contributed by atoms with van der Waals surface area (Å²) in [7, 11) is -3.88. The van der Waals surface area contributed by atoms with Gasteiger partial charge in [-0.05, 0) is 34.9 Å². The van der Waals surface area contributed by atoms with Gasteiger partial charge in [-0.25, -0.2) is 8.42 Å². The second-order valence-corrected chi connectivity index (χ2v) is 9.02. The Bertz CT molecular complexity index is 1230. The molecule has 0 saturated carbocycles. The fourth-order valence-electron chi connectivity index (χ4n) is 3.46. The van der Waals surface area contributed by atoms with Crippen molar-refractivity contribution in [3.05, 3.63) is 82.4 Å². The van der Waals surface area contributed by atoms with Crippen molar-refractivity contribution in [2.24, 2.45) is 0 Å². The average Bonchev–Trinajstić information content (AvgIpc) is 2.74. The van der Waals surface area contributed by atoms with Gasteiger partial charge in [-0.15, -0.1) is 0 Å². The van der Waals surface area contributed by atoms with E-state index in [0.29, 0.717) is 0 Å². The molecule has 0 spiro atoms. The molecule has 0 saturated heterocycles. The molecule has 31 heavy (non-hydrogen) atoms. The first kappa shape index (κ1) is 22.2. The largest absolute Gasteiger partial charge is 0.350 e. The van der Waals surface area contributed by atoms with Gasteiger partial charge in [-0.2, -0.15) is 0 Å². The SMILES string of the molecule is CC[C@@H](C(=O)NCc1ccc2ccccc2c1)N(c1cccc([N+](=O)[O-])c1)S(C)(=O)=O. The number of nitro benzene ring substituents is 1. The van der Waals surface area contributed by atoms with Crippen LogP contribution in [0.3, 0.4) is 0 Å². The molecule has 9 heteroatoms. The molecule has 8 nitrogen and oxygen atoms in total. The zero-order valence-corrected chi connectivity index (χ0v) is 18.0. The highest BCUT2D eigenvalue weighted by Crippen LogP contribution is 2.26. The molecule has 3 rings (SSSR count). The van der Waals surface area contributed by atoms with Gasteiger partial charge in [-0.1, -0.05) is 49.4 Å². The Morgan fingerprint density at radius 1 is 1.06 bits per heavy atom. The maximum Gasteiger partial charge on any atom is 0.271 e. The number of nitro groups is 1. The highest BCUT2D eigenvalue weighted by atomic mass is 32.2. The number of non-ortho nitro benzene ring substituents is 1. The zero-order valence-electron chi connectivity index (χ0n) is 17.2. The van der Waals surface area contributed by atoms with E-state index < -0.39 is 26.9 Å². The van der Waals surface area contributed by atoms with Crippen LogP contribution >= 0.6 is 0 Å². The Kier molecular flexibility index (Phi) is 6.55. The number of anilines is 1. The number of sulfonamides is 1. The van der Waals surface area contributed by atoms with Crippen LogP contribution in [-0.4, -0.2) is 31.5 Å². The molecular formula is C22H23N3O5S. The van der Waals surface area contributed by atoms with E-state index in [4.69, 9.17) is 0 Å². The van der Waals surface area contributed by atoms with Crippen LogP contribution in [0.15, 0.2) is 66.7 Å². The summed E-state index contributed by atoms with van der Waals surface area (Å²) in [6.07, 6.45) is 1.17. The molecule has 0 aliphatic rings. The molecule has 1 amide bonds. The third-order valence-electron chi connectivity index (χ3n) is 4.91. The molecular weight excluding hydrogens is 418 g/mol. The third kappa shape index (κ3) is 5.18. The van der Waals surface area contributed by atoms with Gasteiger partial charge in [-0.3, -0.25) is 19.2 Å². The van der Waals surface area contributed by atoms with Gasteiger partial charge in [0, 0.05) is 18.7 Å². The van der Waals surface area contributed by atoms with Crippen LogP contribution in [0.1, 0.15) is 18.9 Å². The second-order valence-electron chi connectivity index (χ2n) is 7.16. The fraction of sp³-hybridized carbons (Fsp3) is 0.227. The van der Waals surface area contributed by atoms with Gasteiger partial charge in [0.1, 0.15) is 6.04 Å². The van der Waals surface area contributed by atoms with Crippen molar-refractivity contribution >= 4 is 38.1 Å². The number of nitrogens with zero attached hydrogens (tertiary/aromatic N) is 2. The van der Waals surface area contributed by atoms with Crippen molar-refractivity contribution in [3.8, 4) is 0 Å². The van der Waals surface area contributed by atoms with Crippen LogP contribution in [0.25, 0.3) is 10.8 Å². The summed E-state index contributed by atoms with van der Waals surface area (Å²) in [4.78, 5) is 23.4. The van der Waals surface area contributed by atoms with Crippen molar-refractivity contribution in [1.82, 2.24) is 5.32 Å². The quantitative estimate of drug-likeness (QED) is 0.424. The van der Waals surface area contributed by atoms with Crippen molar-refractivity contribution in [2.45, 2.75) is 25.9 Å². The summed E-state index contributed by atoms with van der Waals surface area (Å²) in [6, 6.07) is 17.9. The second kappa shape index (κ2) is 9.13. The van der Waals surface area contributed by atoms with Crippen molar-refractivity contribution in [2.75, 3.05) is 10.6 Å². The minimum Gasteiger partial charge on any atom is -0.350 e. The molecule has 0 unspecified atom stereocenters. The third-order valence-corrected chi connectivity index (χ3v) is 6.09. The molecule has 0 aliphatic heterocycles. The molecule has 3 aromatic carbocycles. The molecule has 1 atom stereocenters. The number of benzene rings is 3. The van der Waals surface area contributed by atoms with Crippen molar-refractivity contribution < 1.29 is 18.1 Å². The van der Waals surface area contributed by atoms with Crippen LogP contribution in [-0.2, 0) is 21.4 Å². The summed E-state index contributed by atoms with van der Waals surface area (Å²) in [6.45, 7) is 1.92. The van der Waals surface area contributed by atoms with E-state index in [0.717, 1.165) is 33.0 Å². The predicted molar refractivity (Wildman–Crippen MR) is 120 cm³/mol. The van der Waals surface area contributed by atoms with E-state index in [1.165, 1.54) is 18.2 Å². The number of hydrogen-bond donors (Lipinski definition) is 1. The summed E-state index contributed by atoms with van der Waals surface area (Å²) in [5.41, 5.74) is 0.699. The standard InChI is InChI=1S/C22H23N3O5S/c1-3-21(24(31(2,29)30)19-9-6-10-20(14-19)25(27)28)22(26)23-15-16-11-12-17-7-4-5-8-18(17)13-16/h4-14,21H,3,15H2,1-2H3,(H,23,26)/t21-/m0/s1. The smallest absolute Gasteiger partial charge is 0.271 e. The highest BCUT2D eigenvalue weighted by molar-refractivity contribution is 7.92. The maximum atomic E-state index is 12.9. The highest BCUT2D eigenvalue weighted by Gasteiger charge is 2.32. The Labute approximate surface area is 180 Å². The van der Waals surface area contributed by atoms with Gasteiger partial charge in [0.2, 0.25) is 15.9 Å². The number of carbonyl (C=O) groups is 1. The molecule has 0 aromatic heterocycles. The van der Waals surface area contributed by atoms with Crippen LogP contribution in [0.2, 0.25) is 0 Å². The molecule has 0 aliphatic carbocycles. The van der Waals surface area contributed by atoms with Crippen LogP contribution in [0.4, 0.5) is 11.4 Å². The monoisotopic (exact) mass is 441 g/mol. The number of nitrogens with one attached hydrogen (secondary N) is 1. The van der Waals surface area contributed by atoms with Gasteiger partial charge >= 0.3 is 0 Å². The first-order valence-corrected chi connectivity index (χ1v) is 11.5. The van der Waals surface area contributed by atoms with E-state index in [9.17, 15) is 23.3 Å². The Hall–Kier alpha value is -3.46.